The molecule has 2 heterocycles. The van der Waals surface area contributed by atoms with E-state index in [-0.39, 0.29) is 0 Å². The number of pyridine rings is 1. The number of rotatable bonds is 2. The van der Waals surface area contributed by atoms with Crippen molar-refractivity contribution < 1.29 is 0 Å². The van der Waals surface area contributed by atoms with E-state index in [4.69, 9.17) is 5.73 Å². The molecule has 0 bridgehead atoms. The van der Waals surface area contributed by atoms with Gasteiger partial charge in [0.1, 0.15) is 5.82 Å². The number of fused-ring (bicyclic) bond motifs is 1. The molecule has 4 nitrogen and oxygen atoms in total. The zero-order valence-electron chi connectivity index (χ0n) is 12.5. The van der Waals surface area contributed by atoms with Crippen molar-refractivity contribution in [3.05, 3.63) is 47.8 Å². The van der Waals surface area contributed by atoms with Crippen molar-refractivity contribution in [2.24, 2.45) is 0 Å². The van der Waals surface area contributed by atoms with E-state index in [1.165, 1.54) is 0 Å². The number of nitrogens with zero attached hydrogens (tertiary/aromatic N) is 3. The molecule has 0 saturated carbocycles. The molecule has 0 amide bonds. The maximum absolute atomic E-state index is 6.11. The number of aromatic nitrogens is 3. The number of nitrogen functional groups attached to an aromatic ring is 1. The van der Waals surface area contributed by atoms with E-state index >= 15 is 0 Å². The van der Waals surface area contributed by atoms with Gasteiger partial charge in [0.15, 0.2) is 5.82 Å². The minimum atomic E-state index is 0.319. The Hall–Kier alpha value is -2.49. The van der Waals surface area contributed by atoms with Crippen LogP contribution in [0.4, 0.5) is 5.82 Å². The van der Waals surface area contributed by atoms with Gasteiger partial charge in [-0.15, -0.1) is 0 Å². The number of nitrogens with two attached hydrogens (primary N) is 1. The Bertz CT molecular complexity index is 786. The second-order valence-electron chi connectivity index (χ2n) is 5.50. The first-order chi connectivity index (χ1) is 10.1. The van der Waals surface area contributed by atoms with Gasteiger partial charge in [0.2, 0.25) is 0 Å². The molecule has 0 saturated heterocycles. The van der Waals surface area contributed by atoms with Crippen molar-refractivity contribution in [3.63, 3.8) is 0 Å². The van der Waals surface area contributed by atoms with E-state index in [0.29, 0.717) is 17.6 Å². The Morgan fingerprint density at radius 3 is 2.62 bits per heavy atom. The van der Waals surface area contributed by atoms with Gasteiger partial charge in [-0.3, -0.25) is 4.98 Å². The van der Waals surface area contributed by atoms with E-state index in [1.54, 1.807) is 6.20 Å². The molecule has 3 rings (SSSR count). The van der Waals surface area contributed by atoms with Gasteiger partial charge in [-0.25, -0.2) is 9.97 Å². The molecule has 106 valence electrons. The van der Waals surface area contributed by atoms with Gasteiger partial charge in [0.25, 0.3) is 0 Å². The smallest absolute Gasteiger partial charge is 0.161 e. The number of hydrogen-bond donors (Lipinski definition) is 1. The highest BCUT2D eigenvalue weighted by atomic mass is 15.0. The molecule has 0 aliphatic rings. The van der Waals surface area contributed by atoms with Crippen LogP contribution in [-0.4, -0.2) is 15.0 Å². The van der Waals surface area contributed by atoms with Crippen LogP contribution in [0.1, 0.15) is 31.0 Å². The summed E-state index contributed by atoms with van der Waals surface area (Å²) in [4.78, 5) is 13.4. The summed E-state index contributed by atoms with van der Waals surface area (Å²) >= 11 is 0. The second kappa shape index (κ2) is 5.13. The van der Waals surface area contributed by atoms with E-state index < -0.39 is 0 Å². The van der Waals surface area contributed by atoms with Crippen molar-refractivity contribution in [3.8, 4) is 11.4 Å². The molecule has 0 spiro atoms. The lowest BCUT2D eigenvalue weighted by Crippen LogP contribution is -2.06. The lowest BCUT2D eigenvalue weighted by atomic mass is 10.0. The number of aryl methyl sites for hydroxylation is 1. The van der Waals surface area contributed by atoms with Gasteiger partial charge in [-0.1, -0.05) is 19.9 Å². The predicted octanol–water partition coefficient (Wildman–Crippen LogP) is 3.71. The van der Waals surface area contributed by atoms with Crippen molar-refractivity contribution in [1.82, 2.24) is 15.0 Å². The molecule has 0 radical (unpaired) electrons. The molecule has 3 aromatic rings. The van der Waals surface area contributed by atoms with Gasteiger partial charge in [0, 0.05) is 28.4 Å². The number of hydrogen-bond acceptors (Lipinski definition) is 4. The Morgan fingerprint density at radius 1 is 1.10 bits per heavy atom. The fourth-order valence-corrected chi connectivity index (χ4v) is 2.66. The Kier molecular flexibility index (Phi) is 3.29. The Labute approximate surface area is 124 Å². The summed E-state index contributed by atoms with van der Waals surface area (Å²) in [6, 6.07) is 9.97. The van der Waals surface area contributed by atoms with Crippen LogP contribution < -0.4 is 5.73 Å². The summed E-state index contributed by atoms with van der Waals surface area (Å²) in [5, 5.41) is 1.07. The maximum atomic E-state index is 6.11. The van der Waals surface area contributed by atoms with Crippen LogP contribution in [0.15, 0.2) is 36.5 Å². The fourth-order valence-electron chi connectivity index (χ4n) is 2.66. The van der Waals surface area contributed by atoms with Gasteiger partial charge in [-0.05, 0) is 37.1 Å². The minimum Gasteiger partial charge on any atom is -0.383 e. The summed E-state index contributed by atoms with van der Waals surface area (Å²) in [6.07, 6.45) is 1.79. The molecule has 0 aliphatic carbocycles. The summed E-state index contributed by atoms with van der Waals surface area (Å²) in [5.74, 6) is 1.55. The molecule has 21 heavy (non-hydrogen) atoms. The van der Waals surface area contributed by atoms with Crippen molar-refractivity contribution >= 4 is 16.7 Å². The first kappa shape index (κ1) is 13.5. The zero-order chi connectivity index (χ0) is 15.0. The molecular weight excluding hydrogens is 260 g/mol. The lowest BCUT2D eigenvalue weighted by molar-refractivity contribution is 0.836. The summed E-state index contributed by atoms with van der Waals surface area (Å²) in [5.41, 5.74) is 10.0. The van der Waals surface area contributed by atoms with Crippen LogP contribution in [0.25, 0.3) is 22.3 Å². The molecule has 0 atom stereocenters. The van der Waals surface area contributed by atoms with Crippen LogP contribution in [0.2, 0.25) is 0 Å². The van der Waals surface area contributed by atoms with E-state index in [9.17, 15) is 0 Å². The van der Waals surface area contributed by atoms with Gasteiger partial charge < -0.3 is 5.73 Å². The first-order valence-corrected chi connectivity index (χ1v) is 7.05. The topological polar surface area (TPSA) is 64.7 Å². The molecule has 1 aromatic carbocycles. The monoisotopic (exact) mass is 278 g/mol. The lowest BCUT2D eigenvalue weighted by Gasteiger charge is -2.13. The van der Waals surface area contributed by atoms with Crippen LogP contribution in [0.3, 0.4) is 0 Å². The third-order valence-electron chi connectivity index (χ3n) is 3.60. The van der Waals surface area contributed by atoms with Crippen LogP contribution in [-0.2, 0) is 0 Å². The van der Waals surface area contributed by atoms with Crippen LogP contribution in [0, 0.1) is 6.92 Å². The number of anilines is 1. The highest BCUT2D eigenvalue weighted by Gasteiger charge is 2.13. The van der Waals surface area contributed by atoms with Crippen molar-refractivity contribution in [1.29, 1.82) is 0 Å². The van der Waals surface area contributed by atoms with Gasteiger partial charge in [0.05, 0.1) is 5.52 Å². The molecule has 0 unspecified atom stereocenters. The highest BCUT2D eigenvalue weighted by Crippen LogP contribution is 2.27. The third kappa shape index (κ3) is 2.44. The van der Waals surface area contributed by atoms with E-state index in [2.05, 4.69) is 28.8 Å². The number of benzene rings is 1. The third-order valence-corrected chi connectivity index (χ3v) is 3.60. The fraction of sp³-hybridized carbons (Fsp3) is 0.235. The molecule has 2 aromatic heterocycles. The van der Waals surface area contributed by atoms with E-state index in [1.807, 2.05) is 37.3 Å². The van der Waals surface area contributed by atoms with Crippen molar-refractivity contribution in [2.75, 3.05) is 5.73 Å². The summed E-state index contributed by atoms with van der Waals surface area (Å²) in [7, 11) is 0. The predicted molar refractivity (Wildman–Crippen MR) is 86.0 cm³/mol. The normalized spacial score (nSPS) is 11.2. The van der Waals surface area contributed by atoms with E-state index in [0.717, 1.165) is 27.7 Å². The summed E-state index contributed by atoms with van der Waals surface area (Å²) < 4.78 is 0. The second-order valence-corrected chi connectivity index (χ2v) is 5.50. The summed E-state index contributed by atoms with van der Waals surface area (Å²) in [6.45, 7) is 6.19. The standard InChI is InChI=1S/C17H18N4/c1-10(2)15-11(3)20-17(21-16(15)18)13-6-7-14-12(9-13)5-4-8-19-14/h4-10H,1-3H3,(H2,18,20,21). The first-order valence-electron chi connectivity index (χ1n) is 7.05. The zero-order valence-corrected chi connectivity index (χ0v) is 12.5. The Balaban J connectivity index is 2.14. The molecule has 0 fully saturated rings. The van der Waals surface area contributed by atoms with Gasteiger partial charge in [-0.2, -0.15) is 0 Å². The highest BCUT2D eigenvalue weighted by molar-refractivity contribution is 5.83. The SMILES string of the molecule is Cc1nc(-c2ccc3ncccc3c2)nc(N)c1C(C)C. The molecule has 4 heteroatoms. The van der Waals surface area contributed by atoms with Gasteiger partial charge >= 0.3 is 0 Å². The molecule has 0 aliphatic heterocycles. The quantitative estimate of drug-likeness (QED) is 0.776. The van der Waals surface area contributed by atoms with Crippen LogP contribution >= 0.6 is 0 Å². The molecule has 2 N–H and O–H groups in total. The Morgan fingerprint density at radius 2 is 1.90 bits per heavy atom. The molecular formula is C17H18N4. The van der Waals surface area contributed by atoms with Crippen LogP contribution in [0.5, 0.6) is 0 Å². The maximum Gasteiger partial charge on any atom is 0.161 e. The largest absolute Gasteiger partial charge is 0.383 e. The minimum absolute atomic E-state index is 0.319. The average Bonchev–Trinajstić information content (AvgIpc) is 2.45. The average molecular weight is 278 g/mol. The van der Waals surface area contributed by atoms with Crippen molar-refractivity contribution in [2.45, 2.75) is 26.7 Å².